The van der Waals surface area contributed by atoms with Gasteiger partial charge in [-0.1, -0.05) is 32.0 Å². The van der Waals surface area contributed by atoms with Gasteiger partial charge in [-0.25, -0.2) is 4.39 Å². The van der Waals surface area contributed by atoms with Crippen molar-refractivity contribution < 1.29 is 14.0 Å². The molecule has 6 nitrogen and oxygen atoms in total. The summed E-state index contributed by atoms with van der Waals surface area (Å²) in [6.07, 6.45) is 0. The fraction of sp³-hybridized carbons (Fsp3) is 0.318. The molecule has 2 aromatic rings. The van der Waals surface area contributed by atoms with Gasteiger partial charge in [0.15, 0.2) is 5.11 Å². The van der Waals surface area contributed by atoms with E-state index in [1.54, 1.807) is 0 Å². The van der Waals surface area contributed by atoms with Gasteiger partial charge in [0.1, 0.15) is 5.82 Å². The van der Waals surface area contributed by atoms with Gasteiger partial charge in [0.2, 0.25) is 5.91 Å². The number of hydrogen-bond acceptors (Lipinski definition) is 4. The number of anilines is 2. The standard InChI is InChI=1S/C22H25FN4O2S/c1-15(2)21(29)27-12-10-26(11-13-27)19-9-4-3-8-18(19)24-22(30)25-20(28)16-6-5-7-17(23)14-16/h3-9,14-15H,10-13H2,1-2H3,(H2,24,25,28,30). The second-order valence-electron chi connectivity index (χ2n) is 7.40. The SMILES string of the molecule is CC(C)C(=O)N1CCN(c2ccccc2NC(=S)NC(=O)c2cccc(F)c2)CC1. The molecule has 0 aromatic heterocycles. The number of thiocarbonyl (C=S) groups is 1. The molecule has 0 bridgehead atoms. The molecular weight excluding hydrogens is 403 g/mol. The van der Waals surface area contributed by atoms with Crippen LogP contribution in [0.15, 0.2) is 48.5 Å². The minimum Gasteiger partial charge on any atom is -0.366 e. The van der Waals surface area contributed by atoms with Crippen LogP contribution >= 0.6 is 12.2 Å². The number of halogens is 1. The largest absolute Gasteiger partial charge is 0.366 e. The lowest BCUT2D eigenvalue weighted by Gasteiger charge is -2.37. The van der Waals surface area contributed by atoms with Gasteiger partial charge in [-0.3, -0.25) is 14.9 Å². The third-order valence-corrected chi connectivity index (χ3v) is 5.10. The molecule has 2 amide bonds. The Balaban J connectivity index is 1.63. The third-order valence-electron chi connectivity index (χ3n) is 4.89. The minimum absolute atomic E-state index is 0.00965. The summed E-state index contributed by atoms with van der Waals surface area (Å²) in [5.41, 5.74) is 1.89. The molecule has 2 N–H and O–H groups in total. The molecule has 0 spiro atoms. The second-order valence-corrected chi connectivity index (χ2v) is 7.81. The number of nitrogens with zero attached hydrogens (tertiary/aromatic N) is 2. The Kier molecular flexibility index (Phi) is 6.99. The van der Waals surface area contributed by atoms with Gasteiger partial charge in [0.05, 0.1) is 11.4 Å². The molecule has 1 fully saturated rings. The molecular formula is C22H25FN4O2S. The van der Waals surface area contributed by atoms with Crippen LogP contribution in [0, 0.1) is 11.7 Å². The van der Waals surface area contributed by atoms with E-state index in [0.717, 1.165) is 17.4 Å². The fourth-order valence-corrected chi connectivity index (χ4v) is 3.55. The van der Waals surface area contributed by atoms with Crippen molar-refractivity contribution in [3.8, 4) is 0 Å². The van der Waals surface area contributed by atoms with Crippen molar-refractivity contribution in [2.75, 3.05) is 36.4 Å². The van der Waals surface area contributed by atoms with E-state index in [0.29, 0.717) is 26.2 Å². The van der Waals surface area contributed by atoms with E-state index in [1.807, 2.05) is 43.0 Å². The molecule has 3 rings (SSSR count). The Bertz CT molecular complexity index is 942. The van der Waals surface area contributed by atoms with Gasteiger partial charge in [0.25, 0.3) is 5.91 Å². The lowest BCUT2D eigenvalue weighted by Crippen LogP contribution is -2.50. The molecule has 0 aliphatic carbocycles. The fourth-order valence-electron chi connectivity index (χ4n) is 3.35. The lowest BCUT2D eigenvalue weighted by molar-refractivity contribution is -0.134. The average Bonchev–Trinajstić information content (AvgIpc) is 2.73. The zero-order chi connectivity index (χ0) is 21.7. The quantitative estimate of drug-likeness (QED) is 0.732. The maximum atomic E-state index is 13.3. The molecule has 1 aliphatic heterocycles. The van der Waals surface area contributed by atoms with Crippen LogP contribution in [0.3, 0.4) is 0 Å². The molecule has 8 heteroatoms. The first kappa shape index (κ1) is 21.7. The topological polar surface area (TPSA) is 64.7 Å². The Labute approximate surface area is 181 Å². The Hall–Kier alpha value is -3.00. The highest BCUT2D eigenvalue weighted by atomic mass is 32.1. The average molecular weight is 429 g/mol. The number of nitrogens with one attached hydrogen (secondary N) is 2. The first-order valence-corrected chi connectivity index (χ1v) is 10.3. The second kappa shape index (κ2) is 9.67. The third kappa shape index (κ3) is 5.33. The van der Waals surface area contributed by atoms with Crippen LogP contribution in [-0.4, -0.2) is 48.0 Å². The smallest absolute Gasteiger partial charge is 0.257 e. The summed E-state index contributed by atoms with van der Waals surface area (Å²) in [5, 5.41) is 5.77. The number of carbonyl (C=O) groups is 2. The van der Waals surface area contributed by atoms with Gasteiger partial charge in [-0.15, -0.1) is 0 Å². The van der Waals surface area contributed by atoms with Crippen molar-refractivity contribution in [2.45, 2.75) is 13.8 Å². The monoisotopic (exact) mass is 428 g/mol. The van der Waals surface area contributed by atoms with Crippen molar-refractivity contribution in [1.29, 1.82) is 0 Å². The van der Waals surface area contributed by atoms with E-state index < -0.39 is 11.7 Å². The summed E-state index contributed by atoms with van der Waals surface area (Å²) < 4.78 is 13.3. The molecule has 0 radical (unpaired) electrons. The number of para-hydroxylation sites is 2. The van der Waals surface area contributed by atoms with E-state index in [4.69, 9.17) is 12.2 Å². The maximum Gasteiger partial charge on any atom is 0.257 e. The van der Waals surface area contributed by atoms with Gasteiger partial charge in [0, 0.05) is 37.7 Å². The summed E-state index contributed by atoms with van der Waals surface area (Å²) in [7, 11) is 0. The van der Waals surface area contributed by atoms with Crippen molar-refractivity contribution >= 4 is 40.5 Å². The van der Waals surface area contributed by atoms with Crippen LogP contribution in [0.5, 0.6) is 0 Å². The predicted molar refractivity (Wildman–Crippen MR) is 120 cm³/mol. The first-order chi connectivity index (χ1) is 14.3. The zero-order valence-electron chi connectivity index (χ0n) is 17.0. The number of carbonyl (C=O) groups excluding carboxylic acids is 2. The van der Waals surface area contributed by atoms with Crippen LogP contribution in [-0.2, 0) is 4.79 Å². The van der Waals surface area contributed by atoms with Gasteiger partial charge >= 0.3 is 0 Å². The van der Waals surface area contributed by atoms with Crippen LogP contribution in [0.4, 0.5) is 15.8 Å². The van der Waals surface area contributed by atoms with Crippen molar-refractivity contribution in [2.24, 2.45) is 5.92 Å². The van der Waals surface area contributed by atoms with Gasteiger partial charge < -0.3 is 15.1 Å². The van der Waals surface area contributed by atoms with Crippen molar-refractivity contribution in [3.05, 3.63) is 59.9 Å². The lowest BCUT2D eigenvalue weighted by atomic mass is 10.1. The van der Waals surface area contributed by atoms with Crippen LogP contribution in [0.2, 0.25) is 0 Å². The van der Waals surface area contributed by atoms with Crippen molar-refractivity contribution in [1.82, 2.24) is 10.2 Å². The molecule has 30 heavy (non-hydrogen) atoms. The summed E-state index contributed by atoms with van der Waals surface area (Å²) in [4.78, 5) is 28.6. The summed E-state index contributed by atoms with van der Waals surface area (Å²) >= 11 is 5.28. The number of rotatable bonds is 4. The van der Waals surface area contributed by atoms with Crippen molar-refractivity contribution in [3.63, 3.8) is 0 Å². The molecule has 0 saturated carbocycles. The molecule has 2 aromatic carbocycles. The highest BCUT2D eigenvalue weighted by Crippen LogP contribution is 2.27. The highest BCUT2D eigenvalue weighted by Gasteiger charge is 2.24. The van der Waals surface area contributed by atoms with Gasteiger partial charge in [-0.2, -0.15) is 0 Å². The van der Waals surface area contributed by atoms with E-state index in [-0.39, 0.29) is 22.5 Å². The van der Waals surface area contributed by atoms with Crippen LogP contribution in [0.25, 0.3) is 0 Å². The molecule has 158 valence electrons. The summed E-state index contributed by atoms with van der Waals surface area (Å²) in [6.45, 7) is 6.55. The minimum atomic E-state index is -0.484. The molecule has 1 heterocycles. The number of amides is 2. The maximum absolute atomic E-state index is 13.3. The Morgan fingerprint density at radius 1 is 1.03 bits per heavy atom. The predicted octanol–water partition coefficient (Wildman–Crippen LogP) is 3.26. The number of piperazine rings is 1. The molecule has 1 saturated heterocycles. The van der Waals surface area contributed by atoms with Crippen LogP contribution < -0.4 is 15.5 Å². The molecule has 0 atom stereocenters. The number of hydrogen-bond donors (Lipinski definition) is 2. The Morgan fingerprint density at radius 3 is 2.40 bits per heavy atom. The van der Waals surface area contributed by atoms with E-state index in [9.17, 15) is 14.0 Å². The number of benzene rings is 2. The Morgan fingerprint density at radius 2 is 1.73 bits per heavy atom. The zero-order valence-corrected chi connectivity index (χ0v) is 17.8. The van der Waals surface area contributed by atoms with E-state index in [2.05, 4.69) is 15.5 Å². The van der Waals surface area contributed by atoms with Gasteiger partial charge in [-0.05, 0) is 42.5 Å². The van der Waals surface area contributed by atoms with E-state index in [1.165, 1.54) is 18.2 Å². The first-order valence-electron chi connectivity index (χ1n) is 9.86. The molecule has 1 aliphatic rings. The summed E-state index contributed by atoms with van der Waals surface area (Å²) in [6, 6.07) is 13.1. The summed E-state index contributed by atoms with van der Waals surface area (Å²) in [5.74, 6) is -0.806. The van der Waals surface area contributed by atoms with Crippen LogP contribution in [0.1, 0.15) is 24.2 Å². The molecule has 0 unspecified atom stereocenters. The highest BCUT2D eigenvalue weighted by molar-refractivity contribution is 7.80. The van der Waals surface area contributed by atoms with E-state index >= 15 is 0 Å². The normalized spacial score (nSPS) is 13.9.